The number of nitrogens with one attached hydrogen (secondary N) is 2. The van der Waals surface area contributed by atoms with Gasteiger partial charge in [0.15, 0.2) is 0 Å². The van der Waals surface area contributed by atoms with Crippen molar-refractivity contribution < 1.29 is 14.3 Å². The van der Waals surface area contributed by atoms with Gasteiger partial charge in [-0.25, -0.2) is 9.97 Å². The molecule has 3 rings (SSSR count). The highest BCUT2D eigenvalue weighted by Gasteiger charge is 2.15. The first-order valence-electron chi connectivity index (χ1n) is 8.43. The molecule has 8 heteroatoms. The maximum Gasteiger partial charge on any atom is 0.275 e. The number of methoxy groups -OCH3 is 2. The minimum atomic E-state index is -0.426. The van der Waals surface area contributed by atoms with E-state index < -0.39 is 5.91 Å². The zero-order chi connectivity index (χ0) is 19.9. The van der Waals surface area contributed by atoms with Crippen molar-refractivity contribution in [1.29, 1.82) is 0 Å². The number of amides is 1. The molecule has 0 aliphatic heterocycles. The standard InChI is InChI=1S/C20H19ClN4O3/c1-27-17-9-15(18(28-2)8-14(17)21)25-20(26)16-11-24-19(12-22-16)23-10-13-6-4-3-5-7-13/h3-9,11-12H,10H2,1-2H3,(H,23,24)(H,25,26). The first kappa shape index (κ1) is 19.4. The molecule has 0 aliphatic carbocycles. The SMILES string of the molecule is COc1cc(NC(=O)c2cnc(NCc3ccccc3)cn2)c(OC)cc1Cl. The topological polar surface area (TPSA) is 85.4 Å². The van der Waals surface area contributed by atoms with Crippen LogP contribution in [0.5, 0.6) is 11.5 Å². The molecular formula is C20H19ClN4O3. The molecule has 28 heavy (non-hydrogen) atoms. The Hall–Kier alpha value is -3.32. The minimum Gasteiger partial charge on any atom is -0.495 e. The molecule has 0 radical (unpaired) electrons. The van der Waals surface area contributed by atoms with Gasteiger partial charge in [0.05, 0.1) is 37.3 Å². The maximum absolute atomic E-state index is 12.5. The van der Waals surface area contributed by atoms with Crippen molar-refractivity contribution in [2.75, 3.05) is 24.9 Å². The summed E-state index contributed by atoms with van der Waals surface area (Å²) in [4.78, 5) is 20.9. The van der Waals surface area contributed by atoms with E-state index in [0.717, 1.165) is 5.56 Å². The predicted molar refractivity (Wildman–Crippen MR) is 108 cm³/mol. The third-order valence-corrected chi connectivity index (χ3v) is 4.22. The molecule has 0 fully saturated rings. The van der Waals surface area contributed by atoms with E-state index in [2.05, 4.69) is 20.6 Å². The van der Waals surface area contributed by atoms with Gasteiger partial charge in [-0.15, -0.1) is 0 Å². The second-order valence-corrected chi connectivity index (χ2v) is 6.17. The van der Waals surface area contributed by atoms with E-state index in [1.165, 1.54) is 26.6 Å². The lowest BCUT2D eigenvalue weighted by Gasteiger charge is -2.13. The Labute approximate surface area is 167 Å². The number of aromatic nitrogens is 2. The van der Waals surface area contributed by atoms with Gasteiger partial charge < -0.3 is 20.1 Å². The molecule has 0 saturated carbocycles. The first-order valence-corrected chi connectivity index (χ1v) is 8.81. The van der Waals surface area contributed by atoms with Gasteiger partial charge in [-0.2, -0.15) is 0 Å². The molecule has 0 aliphatic rings. The monoisotopic (exact) mass is 398 g/mol. The Morgan fingerprint density at radius 1 is 1.04 bits per heavy atom. The van der Waals surface area contributed by atoms with E-state index in [9.17, 15) is 4.79 Å². The zero-order valence-corrected chi connectivity index (χ0v) is 16.2. The van der Waals surface area contributed by atoms with Crippen LogP contribution < -0.4 is 20.1 Å². The van der Waals surface area contributed by atoms with Crippen molar-refractivity contribution in [3.63, 3.8) is 0 Å². The highest BCUT2D eigenvalue weighted by atomic mass is 35.5. The van der Waals surface area contributed by atoms with Crippen LogP contribution in [-0.2, 0) is 6.54 Å². The average molecular weight is 399 g/mol. The van der Waals surface area contributed by atoms with Gasteiger partial charge in [0.25, 0.3) is 5.91 Å². The van der Waals surface area contributed by atoms with E-state index in [1.54, 1.807) is 12.1 Å². The summed E-state index contributed by atoms with van der Waals surface area (Å²) in [7, 11) is 2.98. The molecule has 0 unspecified atom stereocenters. The molecule has 2 aromatic carbocycles. The summed E-state index contributed by atoms with van der Waals surface area (Å²) in [6.45, 7) is 0.614. The van der Waals surface area contributed by atoms with Gasteiger partial charge in [-0.3, -0.25) is 4.79 Å². The first-order chi connectivity index (χ1) is 13.6. The van der Waals surface area contributed by atoms with Crippen molar-refractivity contribution in [2.45, 2.75) is 6.54 Å². The number of nitrogens with zero attached hydrogens (tertiary/aromatic N) is 2. The Morgan fingerprint density at radius 3 is 2.43 bits per heavy atom. The van der Waals surface area contributed by atoms with Crippen LogP contribution in [0.25, 0.3) is 0 Å². The third-order valence-electron chi connectivity index (χ3n) is 3.92. The van der Waals surface area contributed by atoms with Crippen molar-refractivity contribution in [1.82, 2.24) is 9.97 Å². The van der Waals surface area contributed by atoms with E-state index >= 15 is 0 Å². The molecule has 7 nitrogen and oxygen atoms in total. The summed E-state index contributed by atoms with van der Waals surface area (Å²) in [5, 5.41) is 6.27. The molecule has 2 N–H and O–H groups in total. The number of benzene rings is 2. The van der Waals surface area contributed by atoms with E-state index in [-0.39, 0.29) is 5.69 Å². The lowest BCUT2D eigenvalue weighted by atomic mass is 10.2. The summed E-state index contributed by atoms with van der Waals surface area (Å²) < 4.78 is 10.4. The van der Waals surface area contributed by atoms with Gasteiger partial charge in [0.2, 0.25) is 0 Å². The molecule has 0 bridgehead atoms. The fraction of sp³-hybridized carbons (Fsp3) is 0.150. The Kier molecular flexibility index (Phi) is 6.29. The van der Waals surface area contributed by atoms with Crippen LogP contribution in [0.2, 0.25) is 5.02 Å². The van der Waals surface area contributed by atoms with Crippen LogP contribution >= 0.6 is 11.6 Å². The second-order valence-electron chi connectivity index (χ2n) is 5.77. The Balaban J connectivity index is 1.68. The number of carbonyl (C=O) groups is 1. The molecular weight excluding hydrogens is 380 g/mol. The van der Waals surface area contributed by atoms with Crippen LogP contribution in [0.4, 0.5) is 11.5 Å². The number of ether oxygens (including phenoxy) is 2. The van der Waals surface area contributed by atoms with E-state index in [4.69, 9.17) is 21.1 Å². The van der Waals surface area contributed by atoms with Gasteiger partial charge in [0.1, 0.15) is 23.0 Å². The quantitative estimate of drug-likeness (QED) is 0.625. The number of hydrogen-bond donors (Lipinski definition) is 2. The van der Waals surface area contributed by atoms with Crippen LogP contribution in [0, 0.1) is 0 Å². The van der Waals surface area contributed by atoms with Crippen molar-refractivity contribution in [3.05, 3.63) is 71.1 Å². The molecule has 0 spiro atoms. The van der Waals surface area contributed by atoms with Crippen molar-refractivity contribution in [2.24, 2.45) is 0 Å². The lowest BCUT2D eigenvalue weighted by Crippen LogP contribution is -2.15. The van der Waals surface area contributed by atoms with Crippen molar-refractivity contribution in [3.8, 4) is 11.5 Å². The summed E-state index contributed by atoms with van der Waals surface area (Å²) in [5.74, 6) is 0.980. The van der Waals surface area contributed by atoms with Crippen LogP contribution in [0.15, 0.2) is 54.9 Å². The molecule has 1 heterocycles. The highest BCUT2D eigenvalue weighted by Crippen LogP contribution is 2.36. The number of halogens is 1. The lowest BCUT2D eigenvalue weighted by molar-refractivity contribution is 0.102. The van der Waals surface area contributed by atoms with E-state index in [0.29, 0.717) is 34.6 Å². The molecule has 0 saturated heterocycles. The third kappa shape index (κ3) is 4.69. The smallest absolute Gasteiger partial charge is 0.275 e. The number of rotatable bonds is 7. The summed E-state index contributed by atoms with van der Waals surface area (Å²) >= 11 is 6.08. The van der Waals surface area contributed by atoms with Gasteiger partial charge in [-0.05, 0) is 5.56 Å². The average Bonchev–Trinajstić information content (AvgIpc) is 2.74. The fourth-order valence-corrected chi connectivity index (χ4v) is 2.70. The maximum atomic E-state index is 12.5. The summed E-state index contributed by atoms with van der Waals surface area (Å²) in [6.07, 6.45) is 2.92. The molecule has 3 aromatic rings. The highest BCUT2D eigenvalue weighted by molar-refractivity contribution is 6.32. The van der Waals surface area contributed by atoms with Gasteiger partial charge >= 0.3 is 0 Å². The number of carbonyl (C=O) groups excluding carboxylic acids is 1. The fourth-order valence-electron chi connectivity index (χ4n) is 2.47. The molecule has 144 valence electrons. The normalized spacial score (nSPS) is 10.2. The molecule has 0 atom stereocenters. The van der Waals surface area contributed by atoms with E-state index in [1.807, 2.05) is 30.3 Å². The largest absolute Gasteiger partial charge is 0.495 e. The Morgan fingerprint density at radius 2 is 1.79 bits per heavy atom. The molecule has 1 aromatic heterocycles. The van der Waals surface area contributed by atoms with Crippen LogP contribution in [-0.4, -0.2) is 30.1 Å². The van der Waals surface area contributed by atoms with Crippen molar-refractivity contribution >= 4 is 29.0 Å². The summed E-state index contributed by atoms with van der Waals surface area (Å²) in [6, 6.07) is 13.1. The number of hydrogen-bond acceptors (Lipinski definition) is 6. The predicted octanol–water partition coefficient (Wildman–Crippen LogP) is 4.01. The molecule has 1 amide bonds. The van der Waals surface area contributed by atoms with Gasteiger partial charge in [0, 0.05) is 18.7 Å². The van der Waals surface area contributed by atoms with Crippen LogP contribution in [0.3, 0.4) is 0 Å². The summed E-state index contributed by atoms with van der Waals surface area (Å²) in [5.41, 5.74) is 1.71. The Bertz CT molecular complexity index is 950. The number of anilines is 2. The van der Waals surface area contributed by atoms with Crippen LogP contribution in [0.1, 0.15) is 16.1 Å². The second kappa shape index (κ2) is 9.05. The van der Waals surface area contributed by atoms with Gasteiger partial charge in [-0.1, -0.05) is 41.9 Å². The zero-order valence-electron chi connectivity index (χ0n) is 15.4. The minimum absolute atomic E-state index is 0.168.